The molecule has 2 aliphatic heterocycles. The number of carbonyl (C=O) groups excluding carboxylic acids is 1. The maximum absolute atomic E-state index is 11.7. The van der Waals surface area contributed by atoms with Crippen LogP contribution in [0.3, 0.4) is 0 Å². The van der Waals surface area contributed by atoms with Gasteiger partial charge in [-0.15, -0.1) is 0 Å². The fourth-order valence-corrected chi connectivity index (χ4v) is 3.08. The summed E-state index contributed by atoms with van der Waals surface area (Å²) in [6, 6.07) is 6.20. The van der Waals surface area contributed by atoms with Crippen molar-refractivity contribution in [3.8, 4) is 0 Å². The Kier molecular flexibility index (Phi) is 2.85. The van der Waals surface area contributed by atoms with E-state index in [9.17, 15) is 4.79 Å². The van der Waals surface area contributed by atoms with Gasteiger partial charge >= 0.3 is 5.97 Å². The van der Waals surface area contributed by atoms with Crippen LogP contribution in [0.25, 0.3) is 5.57 Å². The number of para-hydroxylation sites is 1. The number of rotatable bonds is 3. The average Bonchev–Trinajstić information content (AvgIpc) is 2.74. The van der Waals surface area contributed by atoms with E-state index in [1.54, 1.807) is 6.08 Å². The Labute approximate surface area is 113 Å². The number of nitrogens with one attached hydrogen (secondary N) is 1. The number of aryl methyl sites for hydroxylation is 1. The van der Waals surface area contributed by atoms with Gasteiger partial charge in [-0.2, -0.15) is 0 Å². The van der Waals surface area contributed by atoms with Crippen LogP contribution in [0.2, 0.25) is 0 Å². The lowest BCUT2D eigenvalue weighted by Gasteiger charge is -2.37. The van der Waals surface area contributed by atoms with Gasteiger partial charge in [-0.25, -0.2) is 4.79 Å². The molecule has 0 bridgehead atoms. The predicted molar refractivity (Wildman–Crippen MR) is 76.0 cm³/mol. The van der Waals surface area contributed by atoms with Gasteiger partial charge in [0, 0.05) is 22.9 Å². The summed E-state index contributed by atoms with van der Waals surface area (Å²) in [5.41, 5.74) is 4.08. The Morgan fingerprint density at radius 1 is 1.42 bits per heavy atom. The van der Waals surface area contributed by atoms with Crippen LogP contribution < -0.4 is 5.32 Å². The zero-order valence-corrected chi connectivity index (χ0v) is 11.5. The lowest BCUT2D eigenvalue weighted by molar-refractivity contribution is -0.144. The van der Waals surface area contributed by atoms with Gasteiger partial charge in [0.05, 0.1) is 6.54 Å². The summed E-state index contributed by atoms with van der Waals surface area (Å²) in [4.78, 5) is 11.7. The first kappa shape index (κ1) is 12.3. The molecule has 0 aromatic heterocycles. The molecule has 3 heteroatoms. The highest BCUT2D eigenvalue weighted by atomic mass is 16.6. The fourth-order valence-electron chi connectivity index (χ4n) is 3.08. The zero-order chi connectivity index (χ0) is 13.5. The van der Waals surface area contributed by atoms with E-state index in [1.807, 2.05) is 6.07 Å². The molecule has 0 amide bonds. The normalized spacial score (nSPS) is 24.1. The molecule has 0 fully saturated rings. The first-order valence-corrected chi connectivity index (χ1v) is 6.95. The first-order valence-electron chi connectivity index (χ1n) is 6.95. The molecule has 19 heavy (non-hydrogen) atoms. The Morgan fingerprint density at radius 3 is 3.05 bits per heavy atom. The first-order chi connectivity index (χ1) is 9.16. The van der Waals surface area contributed by atoms with Crippen molar-refractivity contribution in [2.75, 3.05) is 11.9 Å². The summed E-state index contributed by atoms with van der Waals surface area (Å²) in [7, 11) is 0. The van der Waals surface area contributed by atoms with Crippen molar-refractivity contribution < 1.29 is 9.53 Å². The quantitative estimate of drug-likeness (QED) is 0.844. The molecular weight excluding hydrogens is 238 g/mol. The Morgan fingerprint density at radius 2 is 2.26 bits per heavy atom. The second-order valence-corrected chi connectivity index (χ2v) is 5.43. The number of carbonyl (C=O) groups is 1. The molecule has 0 saturated carbocycles. The number of benzene rings is 1. The molecule has 0 spiro atoms. The monoisotopic (exact) mass is 257 g/mol. The Hall–Kier alpha value is -1.77. The van der Waals surface area contributed by atoms with Crippen LogP contribution in [0.4, 0.5) is 5.69 Å². The minimum absolute atomic E-state index is 0.206. The number of fused-ring (bicyclic) bond motifs is 3. The molecular formula is C16H19NO2. The van der Waals surface area contributed by atoms with Gasteiger partial charge in [0.2, 0.25) is 0 Å². The molecule has 1 aromatic rings. The molecule has 0 saturated heterocycles. The van der Waals surface area contributed by atoms with Gasteiger partial charge in [0.1, 0.15) is 0 Å². The van der Waals surface area contributed by atoms with Gasteiger partial charge in [-0.3, -0.25) is 0 Å². The van der Waals surface area contributed by atoms with E-state index in [0.29, 0.717) is 6.54 Å². The summed E-state index contributed by atoms with van der Waals surface area (Å²) in [5.74, 6) is -0.206. The van der Waals surface area contributed by atoms with E-state index in [1.165, 1.54) is 5.56 Å². The number of unbranched alkanes of at least 4 members (excludes halogenated alkanes) is 1. The number of hydrogen-bond donors (Lipinski definition) is 1. The standard InChI is InChI=1S/C16H19NO2/c1-3-4-8-16-10-17-15-11(2)6-5-7-12(15)13(16)9-14(18)19-16/h5-7,9,17H,3-4,8,10H2,1-2H3. The van der Waals surface area contributed by atoms with E-state index in [4.69, 9.17) is 4.74 Å². The molecule has 1 unspecified atom stereocenters. The number of ether oxygens (including phenoxy) is 1. The summed E-state index contributed by atoms with van der Waals surface area (Å²) in [5, 5.41) is 3.45. The number of esters is 1. The fraction of sp³-hybridized carbons (Fsp3) is 0.438. The summed E-state index contributed by atoms with van der Waals surface area (Å²) in [6.07, 6.45) is 4.73. The average molecular weight is 257 g/mol. The van der Waals surface area contributed by atoms with Gasteiger partial charge in [-0.05, 0) is 25.3 Å². The van der Waals surface area contributed by atoms with Crippen molar-refractivity contribution in [3.05, 3.63) is 35.4 Å². The molecule has 3 rings (SSSR count). The van der Waals surface area contributed by atoms with E-state index in [0.717, 1.165) is 36.1 Å². The SMILES string of the molecule is CCCCC12CNc3c(C)cccc3C1=CC(=O)O2. The molecule has 2 aliphatic rings. The summed E-state index contributed by atoms with van der Waals surface area (Å²) >= 11 is 0. The highest BCUT2D eigenvalue weighted by molar-refractivity contribution is 6.02. The van der Waals surface area contributed by atoms with Crippen molar-refractivity contribution in [3.63, 3.8) is 0 Å². The molecule has 0 radical (unpaired) electrons. The van der Waals surface area contributed by atoms with Gasteiger partial charge in [0.25, 0.3) is 0 Å². The summed E-state index contributed by atoms with van der Waals surface area (Å²) in [6.45, 7) is 4.93. The van der Waals surface area contributed by atoms with Crippen molar-refractivity contribution in [2.24, 2.45) is 0 Å². The number of hydrogen-bond acceptors (Lipinski definition) is 3. The molecule has 0 aliphatic carbocycles. The van der Waals surface area contributed by atoms with Crippen molar-refractivity contribution in [2.45, 2.75) is 38.7 Å². The highest BCUT2D eigenvalue weighted by Gasteiger charge is 2.46. The van der Waals surface area contributed by atoms with Crippen LogP contribution in [-0.2, 0) is 9.53 Å². The molecule has 100 valence electrons. The van der Waals surface area contributed by atoms with Crippen LogP contribution in [-0.4, -0.2) is 18.1 Å². The smallest absolute Gasteiger partial charge is 0.332 e. The largest absolute Gasteiger partial charge is 0.449 e. The van der Waals surface area contributed by atoms with Crippen molar-refractivity contribution >= 4 is 17.2 Å². The third-order valence-electron chi connectivity index (χ3n) is 4.10. The lowest BCUT2D eigenvalue weighted by atomic mass is 9.80. The minimum atomic E-state index is -0.451. The van der Waals surface area contributed by atoms with Crippen LogP contribution >= 0.6 is 0 Å². The van der Waals surface area contributed by atoms with E-state index in [2.05, 4.69) is 31.3 Å². The molecule has 3 nitrogen and oxygen atoms in total. The third kappa shape index (κ3) is 1.84. The summed E-state index contributed by atoms with van der Waals surface area (Å²) < 4.78 is 5.66. The van der Waals surface area contributed by atoms with E-state index < -0.39 is 5.60 Å². The molecule has 1 atom stereocenters. The topological polar surface area (TPSA) is 38.3 Å². The lowest BCUT2D eigenvalue weighted by Crippen LogP contribution is -2.42. The Balaban J connectivity index is 2.07. The molecule has 1 aromatic carbocycles. The zero-order valence-electron chi connectivity index (χ0n) is 11.5. The maximum atomic E-state index is 11.7. The number of anilines is 1. The third-order valence-corrected chi connectivity index (χ3v) is 4.10. The minimum Gasteiger partial charge on any atom is -0.449 e. The second-order valence-electron chi connectivity index (χ2n) is 5.43. The van der Waals surface area contributed by atoms with E-state index in [-0.39, 0.29) is 5.97 Å². The Bertz CT molecular complexity index is 562. The highest BCUT2D eigenvalue weighted by Crippen LogP contribution is 2.46. The van der Waals surface area contributed by atoms with Crippen LogP contribution in [0.15, 0.2) is 24.3 Å². The van der Waals surface area contributed by atoms with E-state index >= 15 is 0 Å². The maximum Gasteiger partial charge on any atom is 0.332 e. The van der Waals surface area contributed by atoms with Gasteiger partial charge in [-0.1, -0.05) is 31.5 Å². The van der Waals surface area contributed by atoms with Crippen LogP contribution in [0.1, 0.15) is 37.3 Å². The van der Waals surface area contributed by atoms with Crippen LogP contribution in [0.5, 0.6) is 0 Å². The molecule has 2 heterocycles. The van der Waals surface area contributed by atoms with Crippen molar-refractivity contribution in [1.29, 1.82) is 0 Å². The van der Waals surface area contributed by atoms with Gasteiger partial charge in [0.15, 0.2) is 5.60 Å². The second kappa shape index (κ2) is 4.41. The van der Waals surface area contributed by atoms with Gasteiger partial charge < -0.3 is 10.1 Å². The predicted octanol–water partition coefficient (Wildman–Crippen LogP) is 3.29. The van der Waals surface area contributed by atoms with Crippen LogP contribution in [0, 0.1) is 6.92 Å². The molecule has 1 N–H and O–H groups in total. The van der Waals surface area contributed by atoms with Crippen molar-refractivity contribution in [1.82, 2.24) is 0 Å².